The highest BCUT2D eigenvalue weighted by Gasteiger charge is 2.19. The van der Waals surface area contributed by atoms with Gasteiger partial charge in [-0.05, 0) is 71.8 Å². The number of aromatic amines is 1. The first-order chi connectivity index (χ1) is 15.7. The molecule has 4 aromatic rings. The molecule has 0 radical (unpaired) electrons. The number of fused-ring (bicyclic) bond motifs is 3. The maximum atomic E-state index is 12.5. The van der Waals surface area contributed by atoms with Gasteiger partial charge in [0, 0.05) is 27.4 Å². The number of aromatic nitrogens is 1. The first kappa shape index (κ1) is 23.3. The highest BCUT2D eigenvalue weighted by Crippen LogP contribution is 2.43. The summed E-state index contributed by atoms with van der Waals surface area (Å²) in [6, 6.07) is 12.0. The Hall–Kier alpha value is -2.84. The molecule has 8 heteroatoms. The Morgan fingerprint density at radius 2 is 1.91 bits per heavy atom. The standard InChI is InChI=1S/C25H25BrN2O4S/c1-25(2,3)32-24(30)27-11-9-14-5-7-15(8-6-14)19-18(31-4)13-17(26)21-20(19)16-10-12-33-22(16)23(29)28-21/h5-8,10,12-13H,9,11H2,1-4H3,(H,27,30)(H,28,29). The molecule has 0 spiro atoms. The molecule has 1 amide bonds. The van der Waals surface area contributed by atoms with Crippen LogP contribution in [0.25, 0.3) is 32.1 Å². The molecule has 2 N–H and O–H groups in total. The van der Waals surface area contributed by atoms with Crippen LogP contribution >= 0.6 is 27.3 Å². The second-order valence-electron chi connectivity index (χ2n) is 8.68. The lowest BCUT2D eigenvalue weighted by atomic mass is 9.96. The minimum atomic E-state index is -0.517. The fourth-order valence-electron chi connectivity index (χ4n) is 3.78. The van der Waals surface area contributed by atoms with Gasteiger partial charge in [-0.3, -0.25) is 4.79 Å². The molecule has 0 saturated carbocycles. The fraction of sp³-hybridized carbons (Fsp3) is 0.280. The second-order valence-corrected chi connectivity index (χ2v) is 10.4. The number of alkyl carbamates (subject to hydrolysis) is 1. The van der Waals surface area contributed by atoms with Crippen molar-refractivity contribution >= 4 is 54.3 Å². The number of amides is 1. The van der Waals surface area contributed by atoms with E-state index < -0.39 is 11.7 Å². The summed E-state index contributed by atoms with van der Waals surface area (Å²) in [6.45, 7) is 6.00. The van der Waals surface area contributed by atoms with Crippen LogP contribution < -0.4 is 15.6 Å². The average molecular weight is 529 g/mol. The van der Waals surface area contributed by atoms with E-state index in [0.29, 0.717) is 23.4 Å². The van der Waals surface area contributed by atoms with Crippen LogP contribution in [0.4, 0.5) is 4.79 Å². The summed E-state index contributed by atoms with van der Waals surface area (Å²) in [4.78, 5) is 27.4. The van der Waals surface area contributed by atoms with E-state index in [1.165, 1.54) is 11.3 Å². The summed E-state index contributed by atoms with van der Waals surface area (Å²) >= 11 is 5.01. The van der Waals surface area contributed by atoms with Gasteiger partial charge in [0.2, 0.25) is 0 Å². The summed E-state index contributed by atoms with van der Waals surface area (Å²) < 4.78 is 12.5. The van der Waals surface area contributed by atoms with Crippen molar-refractivity contribution in [3.8, 4) is 16.9 Å². The molecular weight excluding hydrogens is 504 g/mol. The lowest BCUT2D eigenvalue weighted by Gasteiger charge is -2.19. The predicted octanol–water partition coefficient (Wildman–Crippen LogP) is 6.25. The van der Waals surface area contributed by atoms with Crippen LogP contribution in [-0.4, -0.2) is 30.3 Å². The lowest BCUT2D eigenvalue weighted by molar-refractivity contribution is 0.0528. The molecule has 2 aromatic heterocycles. The number of hydrogen-bond acceptors (Lipinski definition) is 5. The van der Waals surface area contributed by atoms with Crippen LogP contribution in [0.1, 0.15) is 26.3 Å². The third kappa shape index (κ3) is 4.91. The number of nitrogens with one attached hydrogen (secondary N) is 2. The zero-order valence-electron chi connectivity index (χ0n) is 18.9. The number of carbonyl (C=O) groups is 1. The van der Waals surface area contributed by atoms with Gasteiger partial charge in [-0.25, -0.2) is 4.79 Å². The second kappa shape index (κ2) is 9.19. The van der Waals surface area contributed by atoms with Gasteiger partial charge < -0.3 is 19.8 Å². The molecule has 0 bridgehead atoms. The van der Waals surface area contributed by atoms with Crippen LogP contribution in [0.5, 0.6) is 5.75 Å². The topological polar surface area (TPSA) is 80.4 Å². The van der Waals surface area contributed by atoms with Gasteiger partial charge in [0.05, 0.1) is 12.6 Å². The number of hydrogen-bond donors (Lipinski definition) is 2. The van der Waals surface area contributed by atoms with Crippen LogP contribution in [0.15, 0.2) is 51.0 Å². The molecule has 0 saturated heterocycles. The van der Waals surface area contributed by atoms with Crippen LogP contribution in [0.2, 0.25) is 0 Å². The Bertz CT molecular complexity index is 1380. The minimum absolute atomic E-state index is 0.0999. The quantitative estimate of drug-likeness (QED) is 0.320. The van der Waals surface area contributed by atoms with Crippen molar-refractivity contribution < 1.29 is 14.3 Å². The first-order valence-corrected chi connectivity index (χ1v) is 12.2. The Kier molecular flexibility index (Phi) is 6.50. The molecule has 0 aliphatic heterocycles. The zero-order valence-corrected chi connectivity index (χ0v) is 21.3. The Labute approximate surface area is 204 Å². The van der Waals surface area contributed by atoms with Gasteiger partial charge in [0.15, 0.2) is 0 Å². The van der Waals surface area contributed by atoms with E-state index in [9.17, 15) is 9.59 Å². The van der Waals surface area contributed by atoms with Gasteiger partial charge in [-0.2, -0.15) is 0 Å². The van der Waals surface area contributed by atoms with Gasteiger partial charge in [-0.15, -0.1) is 11.3 Å². The summed E-state index contributed by atoms with van der Waals surface area (Å²) in [5, 5.41) is 6.56. The van der Waals surface area contributed by atoms with Gasteiger partial charge >= 0.3 is 6.09 Å². The molecule has 2 aromatic carbocycles. The number of pyridine rings is 1. The molecule has 0 atom stereocenters. The summed E-state index contributed by atoms with van der Waals surface area (Å²) in [5.41, 5.74) is 3.12. The number of methoxy groups -OCH3 is 1. The van der Waals surface area contributed by atoms with Crippen molar-refractivity contribution in [3.05, 3.63) is 62.2 Å². The molecule has 172 valence electrons. The van der Waals surface area contributed by atoms with Crippen molar-refractivity contribution in [2.24, 2.45) is 0 Å². The largest absolute Gasteiger partial charge is 0.496 e. The highest BCUT2D eigenvalue weighted by molar-refractivity contribution is 9.10. The molecular formula is C25H25BrN2O4S. The zero-order chi connectivity index (χ0) is 23.8. The van der Waals surface area contributed by atoms with Crippen molar-refractivity contribution in [2.45, 2.75) is 32.8 Å². The number of halogens is 1. The van der Waals surface area contributed by atoms with Crippen molar-refractivity contribution in [1.82, 2.24) is 10.3 Å². The maximum Gasteiger partial charge on any atom is 0.407 e. The number of thiophene rings is 1. The first-order valence-electron chi connectivity index (χ1n) is 10.5. The third-order valence-electron chi connectivity index (χ3n) is 5.17. The predicted molar refractivity (Wildman–Crippen MR) is 138 cm³/mol. The number of ether oxygens (including phenoxy) is 2. The molecule has 6 nitrogen and oxygen atoms in total. The van der Waals surface area contributed by atoms with Gasteiger partial charge in [0.1, 0.15) is 16.1 Å². The minimum Gasteiger partial charge on any atom is -0.496 e. The molecule has 0 aliphatic rings. The molecule has 4 rings (SSSR count). The van der Waals surface area contributed by atoms with E-state index in [2.05, 4.69) is 26.2 Å². The Morgan fingerprint density at radius 3 is 2.58 bits per heavy atom. The summed E-state index contributed by atoms with van der Waals surface area (Å²) in [5.74, 6) is 0.716. The molecule has 0 fully saturated rings. The Balaban J connectivity index is 1.67. The maximum absolute atomic E-state index is 12.5. The molecule has 0 unspecified atom stereocenters. The monoisotopic (exact) mass is 528 g/mol. The fourth-order valence-corrected chi connectivity index (χ4v) is 5.08. The molecule has 33 heavy (non-hydrogen) atoms. The summed E-state index contributed by atoms with van der Waals surface area (Å²) in [7, 11) is 1.64. The molecule has 0 aliphatic carbocycles. The van der Waals surface area contributed by atoms with Crippen LogP contribution in [-0.2, 0) is 11.2 Å². The molecule has 2 heterocycles. The van der Waals surface area contributed by atoms with Crippen LogP contribution in [0, 0.1) is 0 Å². The average Bonchev–Trinajstić information content (AvgIpc) is 3.24. The van der Waals surface area contributed by atoms with E-state index in [4.69, 9.17) is 9.47 Å². The smallest absolute Gasteiger partial charge is 0.407 e. The van der Waals surface area contributed by atoms with E-state index in [-0.39, 0.29) is 5.56 Å². The van der Waals surface area contributed by atoms with Crippen LogP contribution in [0.3, 0.4) is 0 Å². The summed E-state index contributed by atoms with van der Waals surface area (Å²) in [6.07, 6.45) is 0.263. The number of benzene rings is 2. The Morgan fingerprint density at radius 1 is 1.18 bits per heavy atom. The third-order valence-corrected chi connectivity index (χ3v) is 6.71. The van der Waals surface area contributed by atoms with Crippen molar-refractivity contribution in [3.63, 3.8) is 0 Å². The van der Waals surface area contributed by atoms with Gasteiger partial charge in [0.25, 0.3) is 5.56 Å². The van der Waals surface area contributed by atoms with E-state index in [0.717, 1.165) is 37.5 Å². The number of carbonyl (C=O) groups excluding carboxylic acids is 1. The van der Waals surface area contributed by atoms with E-state index >= 15 is 0 Å². The highest BCUT2D eigenvalue weighted by atomic mass is 79.9. The SMILES string of the molecule is COc1cc(Br)c2[nH]c(=O)c3sccc3c2c1-c1ccc(CCNC(=O)OC(C)(C)C)cc1. The lowest BCUT2D eigenvalue weighted by Crippen LogP contribution is -2.33. The van der Waals surface area contributed by atoms with Gasteiger partial charge in [-0.1, -0.05) is 24.3 Å². The van der Waals surface area contributed by atoms with E-state index in [1.807, 2.05) is 62.5 Å². The normalized spacial score (nSPS) is 11.7. The van der Waals surface area contributed by atoms with Crippen molar-refractivity contribution in [1.29, 1.82) is 0 Å². The number of rotatable bonds is 5. The number of H-pyrrole nitrogens is 1. The van der Waals surface area contributed by atoms with E-state index in [1.54, 1.807) is 7.11 Å². The van der Waals surface area contributed by atoms with Crippen molar-refractivity contribution in [2.75, 3.05) is 13.7 Å².